The molecule has 2 rings (SSSR count). The van der Waals surface area contributed by atoms with Gasteiger partial charge in [-0.2, -0.15) is 50.5 Å². The maximum Gasteiger partial charge on any atom is 0.297 e. The van der Waals surface area contributed by atoms with Crippen LogP contribution in [0.3, 0.4) is 0 Å². The Kier molecular flexibility index (Phi) is 9.35. The number of benzene rings is 2. The molecule has 0 atom stereocenters. The molecule has 0 radical (unpaired) electrons. The minimum atomic E-state index is -6.30. The summed E-state index contributed by atoms with van der Waals surface area (Å²) in [6.45, 7) is 1.22. The summed E-state index contributed by atoms with van der Waals surface area (Å²) in [5.74, 6) is 0. The second-order valence-corrected chi connectivity index (χ2v) is 17.8. The third kappa shape index (κ3) is 6.47. The average molecular weight is 914 g/mol. The molecule has 0 aromatic heterocycles. The molecule has 0 aliphatic rings. The maximum absolute atomic E-state index is 12.5. The van der Waals surface area contributed by atoms with E-state index >= 15 is 0 Å². The topological polar surface area (TPSA) is 326 Å². The molecule has 0 amide bonds. The van der Waals surface area contributed by atoms with Gasteiger partial charge in [-0.3, -0.25) is 27.3 Å². The van der Waals surface area contributed by atoms with Gasteiger partial charge in [-0.25, -0.2) is 0 Å². The molecule has 2 aromatic carbocycles. The monoisotopic (exact) mass is 914 g/mol. The zero-order chi connectivity index (χ0) is 31.9. The van der Waals surface area contributed by atoms with Gasteiger partial charge in [0.25, 0.3) is 60.7 Å². The zero-order valence-corrected chi connectivity index (χ0v) is 28.0. The zero-order valence-electron chi connectivity index (χ0n) is 18.8. The van der Waals surface area contributed by atoms with E-state index in [-0.39, 0.29) is 0 Å². The molecule has 6 N–H and O–H groups in total. The first-order valence-corrected chi connectivity index (χ1v) is 19.7. The average Bonchev–Trinajstić information content (AvgIpc) is 2.65. The summed E-state index contributed by atoms with van der Waals surface area (Å²) < 4.78 is 206. The molecular weight excluding hydrogens is 902 g/mol. The van der Waals surface area contributed by atoms with Crippen LogP contribution in [0.4, 0.5) is 0 Å². The lowest BCUT2D eigenvalue weighted by Crippen LogP contribution is -2.22. The molecule has 2 aromatic rings. The SMILES string of the molecule is Cc1c(I)c(S(=O)(=O)O)c(S(=O)(=O)O)c(-c2c(S(=O)(=O)O)c(C)c(I)c(S(=O)(=O)O)c2S(=O)(=O)O)c1S(=O)(=O)O. The Hall–Kier alpha value is -0.640. The number of hydrogen-bond acceptors (Lipinski definition) is 12. The van der Waals surface area contributed by atoms with Gasteiger partial charge in [0.15, 0.2) is 0 Å². The van der Waals surface area contributed by atoms with E-state index in [2.05, 4.69) is 0 Å². The van der Waals surface area contributed by atoms with Gasteiger partial charge < -0.3 is 0 Å². The molecule has 26 heteroatoms. The summed E-state index contributed by atoms with van der Waals surface area (Å²) in [5.41, 5.74) is -6.43. The molecule has 40 heavy (non-hydrogen) atoms. The fourth-order valence-corrected chi connectivity index (χ4v) is 13.4. The van der Waals surface area contributed by atoms with Crippen molar-refractivity contribution in [3.05, 3.63) is 18.3 Å². The summed E-state index contributed by atoms with van der Waals surface area (Å²) in [6, 6.07) is 0. The Morgan fingerprint density at radius 2 is 0.550 bits per heavy atom. The highest BCUT2D eigenvalue weighted by molar-refractivity contribution is 14.1. The molecular formula is C14H12I2O18S6. The van der Waals surface area contributed by atoms with Gasteiger partial charge in [0.1, 0.15) is 29.4 Å². The van der Waals surface area contributed by atoms with Crippen molar-refractivity contribution in [3.63, 3.8) is 0 Å². The molecule has 0 aliphatic heterocycles. The van der Waals surface area contributed by atoms with Crippen LogP contribution >= 0.6 is 45.2 Å². The predicted octanol–water partition coefficient (Wildman–Crippen LogP) is 0.660. The Morgan fingerprint density at radius 1 is 0.375 bits per heavy atom. The van der Waals surface area contributed by atoms with E-state index in [4.69, 9.17) is 0 Å². The van der Waals surface area contributed by atoms with Crippen LogP contribution in [-0.4, -0.2) is 77.8 Å². The first-order chi connectivity index (χ1) is 17.4. The smallest absolute Gasteiger partial charge is 0.282 e. The van der Waals surface area contributed by atoms with Crippen molar-refractivity contribution in [2.75, 3.05) is 0 Å². The van der Waals surface area contributed by atoms with Gasteiger partial charge in [0.2, 0.25) is 0 Å². The van der Waals surface area contributed by atoms with E-state index in [1.165, 1.54) is 0 Å². The highest BCUT2D eigenvalue weighted by Crippen LogP contribution is 2.50. The van der Waals surface area contributed by atoms with E-state index in [1.807, 2.05) is 0 Å². The Balaban J connectivity index is 4.03. The van der Waals surface area contributed by atoms with Crippen LogP contribution in [0.25, 0.3) is 11.1 Å². The van der Waals surface area contributed by atoms with Crippen LogP contribution in [0.1, 0.15) is 11.1 Å². The molecule has 0 spiro atoms. The van der Waals surface area contributed by atoms with Crippen LogP contribution < -0.4 is 0 Å². The van der Waals surface area contributed by atoms with E-state index in [9.17, 15) is 77.8 Å². The van der Waals surface area contributed by atoms with Crippen LogP contribution in [-0.2, 0) is 60.7 Å². The molecule has 0 saturated heterocycles. The standard InChI is InChI=1S/C14H12I2O18S6/c1-3-7(15)13(39(29,30)31)11(37(23,24)25)5(9(3)35(17,18)19)6-10(36(20,21)22)4(2)8(16)14(40(32,33)34)12(6)38(26,27)28/h1-2H3,(H,17,18,19)(H,20,21,22)(H,23,24,25)(H,26,27,28)(H,29,30,31)(H,32,33,34). The number of halogens is 2. The van der Waals surface area contributed by atoms with Crippen molar-refractivity contribution in [2.45, 2.75) is 43.2 Å². The Bertz CT molecular complexity index is 2010. The van der Waals surface area contributed by atoms with Crippen LogP contribution in [0.15, 0.2) is 29.4 Å². The highest BCUT2D eigenvalue weighted by Gasteiger charge is 2.44. The van der Waals surface area contributed by atoms with E-state index in [1.54, 1.807) is 0 Å². The summed E-state index contributed by atoms with van der Waals surface area (Å²) in [7, 11) is -36.5. The maximum atomic E-state index is 12.5. The van der Waals surface area contributed by atoms with Crippen molar-refractivity contribution in [3.8, 4) is 11.1 Å². The summed E-state index contributed by atoms with van der Waals surface area (Å²) >= 11 is 1.83. The first kappa shape index (κ1) is 35.6. The molecule has 18 nitrogen and oxygen atoms in total. The van der Waals surface area contributed by atoms with Gasteiger partial charge in [-0.1, -0.05) is 0 Å². The van der Waals surface area contributed by atoms with Crippen molar-refractivity contribution in [1.29, 1.82) is 0 Å². The molecule has 0 bridgehead atoms. The second kappa shape index (κ2) is 10.5. The summed E-state index contributed by atoms with van der Waals surface area (Å²) in [4.78, 5) is -12.3. The molecule has 0 aliphatic carbocycles. The van der Waals surface area contributed by atoms with Gasteiger partial charge in [0, 0.05) is 18.3 Å². The quantitative estimate of drug-likeness (QED) is 0.164. The van der Waals surface area contributed by atoms with Crippen molar-refractivity contribution < 1.29 is 77.8 Å². The van der Waals surface area contributed by atoms with Gasteiger partial charge in [-0.05, 0) is 70.2 Å². The molecule has 0 fully saturated rings. The normalized spacial score (nSPS) is 13.9. The molecule has 0 unspecified atom stereocenters. The highest BCUT2D eigenvalue weighted by atomic mass is 127. The summed E-state index contributed by atoms with van der Waals surface area (Å²) in [6.07, 6.45) is 0. The minimum absolute atomic E-state index is 0.611. The lowest BCUT2D eigenvalue weighted by atomic mass is 10.0. The van der Waals surface area contributed by atoms with Crippen LogP contribution in [0.5, 0.6) is 0 Å². The fraction of sp³-hybridized carbons (Fsp3) is 0.143. The lowest BCUT2D eigenvalue weighted by Gasteiger charge is -2.24. The van der Waals surface area contributed by atoms with Crippen molar-refractivity contribution in [1.82, 2.24) is 0 Å². The Morgan fingerprint density at radius 3 is 0.700 bits per heavy atom. The van der Waals surface area contributed by atoms with E-state index in [0.717, 1.165) is 45.2 Å². The van der Waals surface area contributed by atoms with Crippen molar-refractivity contribution >= 4 is 106 Å². The van der Waals surface area contributed by atoms with Gasteiger partial charge in [-0.15, -0.1) is 0 Å². The number of hydrogen-bond donors (Lipinski definition) is 6. The second-order valence-electron chi connectivity index (χ2n) is 7.45. The lowest BCUT2D eigenvalue weighted by molar-refractivity contribution is 0.461. The molecule has 226 valence electrons. The first-order valence-electron chi connectivity index (χ1n) is 8.95. The predicted molar refractivity (Wildman–Crippen MR) is 146 cm³/mol. The molecule has 0 saturated carbocycles. The Labute approximate surface area is 254 Å². The third-order valence-corrected chi connectivity index (χ3v) is 14.3. The van der Waals surface area contributed by atoms with Gasteiger partial charge in [0.05, 0.1) is 0 Å². The summed E-state index contributed by atoms with van der Waals surface area (Å²) in [5, 5.41) is 0. The van der Waals surface area contributed by atoms with Crippen molar-refractivity contribution in [2.24, 2.45) is 0 Å². The number of rotatable bonds is 7. The fourth-order valence-electron chi connectivity index (χ4n) is 3.60. The van der Waals surface area contributed by atoms with E-state index < -0.39 is 119 Å². The van der Waals surface area contributed by atoms with E-state index in [0.29, 0.717) is 13.8 Å². The van der Waals surface area contributed by atoms with Crippen LogP contribution in [0.2, 0.25) is 0 Å². The van der Waals surface area contributed by atoms with Crippen LogP contribution in [0, 0.1) is 21.0 Å². The largest absolute Gasteiger partial charge is 0.297 e. The third-order valence-electron chi connectivity index (χ3n) is 4.86. The minimum Gasteiger partial charge on any atom is -0.282 e. The van der Waals surface area contributed by atoms with Gasteiger partial charge >= 0.3 is 0 Å². The molecule has 0 heterocycles.